The summed E-state index contributed by atoms with van der Waals surface area (Å²) in [5.74, 6) is 1.76. The number of rotatable bonds is 4. The number of ether oxygens (including phenoxy) is 1. The van der Waals surface area contributed by atoms with Crippen molar-refractivity contribution in [2.45, 2.75) is 20.8 Å². The minimum Gasteiger partial charge on any atom is -0.466 e. The molecule has 0 fully saturated rings. The van der Waals surface area contributed by atoms with Gasteiger partial charge in [0.2, 0.25) is 0 Å². The fourth-order valence-electron chi connectivity index (χ4n) is 2.37. The molecule has 24 heavy (non-hydrogen) atoms. The van der Waals surface area contributed by atoms with Gasteiger partial charge in [0.15, 0.2) is 0 Å². The normalized spacial score (nSPS) is 10.5. The van der Waals surface area contributed by atoms with Gasteiger partial charge in [-0.2, -0.15) is 0 Å². The summed E-state index contributed by atoms with van der Waals surface area (Å²) in [6.45, 7) is 5.50. The van der Waals surface area contributed by atoms with E-state index in [2.05, 4.69) is 15.3 Å². The highest BCUT2D eigenvalue weighted by Crippen LogP contribution is 2.23. The van der Waals surface area contributed by atoms with Crippen LogP contribution in [-0.2, 0) is 0 Å². The molecule has 0 aliphatic rings. The van der Waals surface area contributed by atoms with E-state index in [0.717, 1.165) is 11.3 Å². The molecule has 1 amide bonds. The van der Waals surface area contributed by atoms with Gasteiger partial charge < -0.3 is 14.5 Å². The van der Waals surface area contributed by atoms with Crippen LogP contribution in [0.15, 0.2) is 47.1 Å². The number of furan rings is 1. The maximum Gasteiger partial charge on any atom is 0.321 e. The Morgan fingerprint density at radius 1 is 1.04 bits per heavy atom. The summed E-state index contributed by atoms with van der Waals surface area (Å²) >= 11 is 0. The maximum absolute atomic E-state index is 12.4. The number of nitrogens with one attached hydrogen (secondary N) is 1. The summed E-state index contributed by atoms with van der Waals surface area (Å²) < 4.78 is 11.0. The number of aromatic nitrogens is 2. The summed E-state index contributed by atoms with van der Waals surface area (Å²) in [6.07, 6.45) is 3.21. The Morgan fingerprint density at radius 2 is 1.71 bits per heavy atom. The number of carbonyl (C=O) groups excluding carboxylic acids is 1. The lowest BCUT2D eigenvalue weighted by atomic mass is 10.1. The van der Waals surface area contributed by atoms with Crippen molar-refractivity contribution in [3.8, 4) is 11.8 Å². The topological polar surface area (TPSA) is 77.2 Å². The van der Waals surface area contributed by atoms with Crippen LogP contribution in [0.5, 0.6) is 11.8 Å². The zero-order chi connectivity index (χ0) is 17.1. The van der Waals surface area contributed by atoms with Crippen LogP contribution in [0.1, 0.15) is 27.4 Å². The fraction of sp³-hybridized carbons (Fsp3) is 0.167. The van der Waals surface area contributed by atoms with Crippen LogP contribution in [0.2, 0.25) is 0 Å². The van der Waals surface area contributed by atoms with Crippen molar-refractivity contribution in [3.05, 3.63) is 65.4 Å². The van der Waals surface area contributed by atoms with Gasteiger partial charge in [0.1, 0.15) is 17.3 Å². The Kier molecular flexibility index (Phi) is 4.29. The highest BCUT2D eigenvalue weighted by Gasteiger charge is 2.18. The lowest BCUT2D eigenvalue weighted by Gasteiger charge is -2.07. The Hall–Kier alpha value is -3.15. The summed E-state index contributed by atoms with van der Waals surface area (Å²) in [6, 6.07) is 8.99. The van der Waals surface area contributed by atoms with Gasteiger partial charge in [-0.05, 0) is 51.1 Å². The zero-order valence-corrected chi connectivity index (χ0v) is 13.7. The molecule has 3 rings (SSSR count). The third-order valence-corrected chi connectivity index (χ3v) is 3.65. The highest BCUT2D eigenvalue weighted by molar-refractivity contribution is 6.06. The smallest absolute Gasteiger partial charge is 0.321 e. The number of hydrogen-bond donors (Lipinski definition) is 1. The lowest BCUT2D eigenvalue weighted by molar-refractivity contribution is 0.102. The van der Waals surface area contributed by atoms with Crippen LogP contribution in [0, 0.1) is 20.8 Å². The van der Waals surface area contributed by atoms with E-state index in [1.165, 1.54) is 0 Å². The van der Waals surface area contributed by atoms with E-state index < -0.39 is 0 Å². The van der Waals surface area contributed by atoms with Gasteiger partial charge in [-0.25, -0.2) is 9.97 Å². The molecule has 0 unspecified atom stereocenters. The summed E-state index contributed by atoms with van der Waals surface area (Å²) in [4.78, 5) is 20.4. The number of benzene rings is 1. The summed E-state index contributed by atoms with van der Waals surface area (Å²) in [7, 11) is 0. The minimum absolute atomic E-state index is 0.193. The molecule has 3 aromatic rings. The standard InChI is InChI=1S/C18H17N3O3/c1-11-12(2)23-13(3)16(11)17(22)21-14-5-7-15(8-6-14)24-18-19-9-4-10-20-18/h4-10H,1-3H3,(H,21,22). The second kappa shape index (κ2) is 6.54. The van der Waals surface area contributed by atoms with E-state index in [1.54, 1.807) is 49.6 Å². The van der Waals surface area contributed by atoms with Crippen LogP contribution in [0.25, 0.3) is 0 Å². The van der Waals surface area contributed by atoms with E-state index >= 15 is 0 Å². The molecule has 0 radical (unpaired) electrons. The van der Waals surface area contributed by atoms with Crippen LogP contribution < -0.4 is 10.1 Å². The molecular formula is C18H17N3O3. The monoisotopic (exact) mass is 323 g/mol. The van der Waals surface area contributed by atoms with E-state index in [-0.39, 0.29) is 11.9 Å². The average Bonchev–Trinajstić information content (AvgIpc) is 2.83. The molecule has 0 saturated carbocycles. The molecule has 0 spiro atoms. The van der Waals surface area contributed by atoms with Crippen LogP contribution >= 0.6 is 0 Å². The molecule has 2 heterocycles. The molecule has 6 nitrogen and oxygen atoms in total. The van der Waals surface area contributed by atoms with Crippen LogP contribution in [-0.4, -0.2) is 15.9 Å². The SMILES string of the molecule is Cc1oc(C)c(C(=O)Nc2ccc(Oc3ncccn3)cc2)c1C. The molecule has 0 aliphatic heterocycles. The largest absolute Gasteiger partial charge is 0.466 e. The molecule has 0 bridgehead atoms. The maximum atomic E-state index is 12.4. The third-order valence-electron chi connectivity index (χ3n) is 3.65. The van der Waals surface area contributed by atoms with Crippen LogP contribution in [0.3, 0.4) is 0 Å². The molecule has 0 aliphatic carbocycles. The molecular weight excluding hydrogens is 306 g/mol. The number of hydrogen-bond acceptors (Lipinski definition) is 5. The molecule has 0 atom stereocenters. The second-order valence-electron chi connectivity index (χ2n) is 5.33. The number of anilines is 1. The lowest BCUT2D eigenvalue weighted by Crippen LogP contribution is -2.13. The van der Waals surface area contributed by atoms with E-state index in [9.17, 15) is 4.79 Å². The van der Waals surface area contributed by atoms with Gasteiger partial charge in [0, 0.05) is 23.6 Å². The molecule has 1 N–H and O–H groups in total. The Labute approximate surface area is 139 Å². The molecule has 2 aromatic heterocycles. The van der Waals surface area contributed by atoms with Gasteiger partial charge in [0.05, 0.1) is 5.56 Å². The van der Waals surface area contributed by atoms with Gasteiger partial charge in [-0.1, -0.05) is 0 Å². The molecule has 0 saturated heterocycles. The van der Waals surface area contributed by atoms with Gasteiger partial charge in [-0.3, -0.25) is 4.79 Å². The molecule has 1 aromatic carbocycles. The Morgan fingerprint density at radius 3 is 2.29 bits per heavy atom. The van der Waals surface area contributed by atoms with Crippen molar-refractivity contribution in [2.24, 2.45) is 0 Å². The van der Waals surface area contributed by atoms with Crippen molar-refractivity contribution in [3.63, 3.8) is 0 Å². The predicted octanol–water partition coefficient (Wildman–Crippen LogP) is 4.04. The molecule has 122 valence electrons. The average molecular weight is 323 g/mol. The minimum atomic E-state index is -0.193. The van der Waals surface area contributed by atoms with Gasteiger partial charge in [-0.15, -0.1) is 0 Å². The van der Waals surface area contributed by atoms with Crippen molar-refractivity contribution < 1.29 is 13.9 Å². The van der Waals surface area contributed by atoms with Crippen molar-refractivity contribution in [2.75, 3.05) is 5.32 Å². The van der Waals surface area contributed by atoms with E-state index in [4.69, 9.17) is 9.15 Å². The second-order valence-corrected chi connectivity index (χ2v) is 5.33. The van der Waals surface area contributed by atoms with Crippen molar-refractivity contribution in [1.29, 1.82) is 0 Å². The first-order valence-corrected chi connectivity index (χ1v) is 7.47. The van der Waals surface area contributed by atoms with Crippen molar-refractivity contribution in [1.82, 2.24) is 9.97 Å². The first kappa shape index (κ1) is 15.7. The summed E-state index contributed by atoms with van der Waals surface area (Å²) in [5, 5.41) is 2.86. The predicted molar refractivity (Wildman–Crippen MR) is 89.4 cm³/mol. The van der Waals surface area contributed by atoms with Crippen LogP contribution in [0.4, 0.5) is 5.69 Å². The number of aryl methyl sites for hydroxylation is 2. The number of nitrogens with zero attached hydrogens (tertiary/aromatic N) is 2. The van der Waals surface area contributed by atoms with Crippen molar-refractivity contribution >= 4 is 11.6 Å². The first-order chi connectivity index (χ1) is 11.5. The summed E-state index contributed by atoms with van der Waals surface area (Å²) in [5.41, 5.74) is 2.09. The molecule has 6 heteroatoms. The Balaban J connectivity index is 1.71. The fourth-order valence-corrected chi connectivity index (χ4v) is 2.37. The highest BCUT2D eigenvalue weighted by atomic mass is 16.5. The van der Waals surface area contributed by atoms with E-state index in [1.807, 2.05) is 13.8 Å². The Bertz CT molecular complexity index is 855. The third kappa shape index (κ3) is 3.27. The quantitative estimate of drug-likeness (QED) is 0.784. The van der Waals surface area contributed by atoms with E-state index in [0.29, 0.717) is 22.8 Å². The number of carbonyl (C=O) groups is 1. The number of amides is 1. The first-order valence-electron chi connectivity index (χ1n) is 7.47. The van der Waals surface area contributed by atoms with Gasteiger partial charge >= 0.3 is 6.01 Å². The van der Waals surface area contributed by atoms with Gasteiger partial charge in [0.25, 0.3) is 5.91 Å². The zero-order valence-electron chi connectivity index (χ0n) is 13.7.